The van der Waals surface area contributed by atoms with Crippen LogP contribution in [0.1, 0.15) is 184 Å². The smallest absolute Gasteiger partial charge is 0.309 e. The quantitative estimate of drug-likeness (QED) is 0.0565. The Morgan fingerprint density at radius 3 is 1.92 bits per heavy atom. The SMILES string of the molecule is C=C(C)C1CCC2(C(=O)NCCNC(=O)CCCC=CCC=CCC=CCC=CCC=CCC)CCC3(C)C(CCC4C5(C)CCC(OC(=O)CC(C)(C)C(=O)O)C(C)(C)C5CCC43C)C12. The number of allylic oxidation sites excluding steroid dienone is 11. The first kappa shape index (κ1) is 53.3. The normalized spacial score (nSPS) is 34.0. The van der Waals surface area contributed by atoms with Crippen LogP contribution in [0.4, 0.5) is 0 Å². The lowest BCUT2D eigenvalue weighted by Gasteiger charge is -2.72. The van der Waals surface area contributed by atoms with E-state index in [0.29, 0.717) is 43.2 Å². The molecule has 5 rings (SSSR count). The van der Waals surface area contributed by atoms with E-state index in [1.54, 1.807) is 13.8 Å². The third-order valence-electron chi connectivity index (χ3n) is 18.6. The number of aliphatic carboxylic acids is 1. The fraction of sp³-hybridized carbons (Fsp3) is 0.724. The van der Waals surface area contributed by atoms with Crippen molar-refractivity contribution in [2.45, 2.75) is 190 Å². The van der Waals surface area contributed by atoms with E-state index in [1.165, 1.54) is 5.57 Å². The first-order valence-electron chi connectivity index (χ1n) is 26.1. The Morgan fingerprint density at radius 1 is 0.712 bits per heavy atom. The van der Waals surface area contributed by atoms with Crippen LogP contribution in [0.2, 0.25) is 0 Å². The fourth-order valence-corrected chi connectivity index (χ4v) is 14.7. The van der Waals surface area contributed by atoms with Gasteiger partial charge in [0.2, 0.25) is 11.8 Å². The molecule has 368 valence electrons. The summed E-state index contributed by atoms with van der Waals surface area (Å²) in [5.41, 5.74) is -0.336. The number of amides is 2. The van der Waals surface area contributed by atoms with Crippen LogP contribution >= 0.6 is 0 Å². The molecule has 0 aliphatic heterocycles. The predicted octanol–water partition coefficient (Wildman–Crippen LogP) is 13.2. The zero-order valence-corrected chi connectivity index (χ0v) is 42.8. The lowest BCUT2D eigenvalue weighted by Crippen LogP contribution is -2.67. The van der Waals surface area contributed by atoms with Crippen LogP contribution in [0.25, 0.3) is 0 Å². The molecule has 0 bridgehead atoms. The fourth-order valence-electron chi connectivity index (χ4n) is 14.7. The summed E-state index contributed by atoms with van der Waals surface area (Å²) < 4.78 is 6.19. The maximum absolute atomic E-state index is 14.6. The Kier molecular flexibility index (Phi) is 18.3. The molecule has 0 heterocycles. The maximum atomic E-state index is 14.6. The van der Waals surface area contributed by atoms with Crippen molar-refractivity contribution >= 4 is 23.8 Å². The van der Waals surface area contributed by atoms with Crippen LogP contribution < -0.4 is 10.6 Å². The predicted molar refractivity (Wildman–Crippen MR) is 269 cm³/mol. The Morgan fingerprint density at radius 2 is 1.32 bits per heavy atom. The number of hydrogen-bond acceptors (Lipinski definition) is 5. The highest BCUT2D eigenvalue weighted by molar-refractivity contribution is 5.84. The van der Waals surface area contributed by atoms with Crippen molar-refractivity contribution in [2.75, 3.05) is 13.1 Å². The van der Waals surface area contributed by atoms with Crippen molar-refractivity contribution in [3.63, 3.8) is 0 Å². The van der Waals surface area contributed by atoms with Crippen molar-refractivity contribution in [3.05, 3.63) is 72.9 Å². The zero-order chi connectivity index (χ0) is 48.4. The molecule has 10 atom stereocenters. The molecule has 66 heavy (non-hydrogen) atoms. The van der Waals surface area contributed by atoms with Gasteiger partial charge in [-0.25, -0.2) is 0 Å². The number of esters is 1. The van der Waals surface area contributed by atoms with Gasteiger partial charge in [-0.15, -0.1) is 0 Å². The second-order valence-electron chi connectivity index (χ2n) is 23.3. The molecule has 0 radical (unpaired) electrons. The Labute approximate surface area is 400 Å². The number of fused-ring (bicyclic) bond motifs is 7. The summed E-state index contributed by atoms with van der Waals surface area (Å²) in [7, 11) is 0. The topological polar surface area (TPSA) is 122 Å². The van der Waals surface area contributed by atoms with Crippen LogP contribution in [0.15, 0.2) is 72.9 Å². The molecule has 0 aromatic carbocycles. The molecule has 10 unspecified atom stereocenters. The van der Waals surface area contributed by atoms with Gasteiger partial charge in [0.25, 0.3) is 0 Å². The van der Waals surface area contributed by atoms with Gasteiger partial charge in [-0.05, 0) is 176 Å². The van der Waals surface area contributed by atoms with Crippen LogP contribution in [0.3, 0.4) is 0 Å². The summed E-state index contributed by atoms with van der Waals surface area (Å²) in [5.74, 6) is 0.722. The van der Waals surface area contributed by atoms with E-state index in [0.717, 1.165) is 109 Å². The number of carboxylic acids is 1. The summed E-state index contributed by atoms with van der Waals surface area (Å²) in [4.78, 5) is 52.3. The number of rotatable bonds is 22. The van der Waals surface area contributed by atoms with E-state index in [2.05, 4.69) is 126 Å². The number of unbranched alkanes of at least 4 members (excludes halogenated alkanes) is 1. The lowest BCUT2D eigenvalue weighted by molar-refractivity contribution is -0.249. The van der Waals surface area contributed by atoms with Gasteiger partial charge in [-0.3, -0.25) is 19.2 Å². The van der Waals surface area contributed by atoms with Gasteiger partial charge in [0, 0.05) is 24.9 Å². The summed E-state index contributed by atoms with van der Waals surface area (Å²) in [6, 6.07) is 0. The minimum Gasteiger partial charge on any atom is -0.481 e. The van der Waals surface area contributed by atoms with E-state index in [4.69, 9.17) is 4.74 Å². The van der Waals surface area contributed by atoms with Gasteiger partial charge in [0.15, 0.2) is 0 Å². The number of carbonyl (C=O) groups is 4. The molecule has 3 N–H and O–H groups in total. The average Bonchev–Trinajstić information content (AvgIpc) is 3.66. The Hall–Kier alpha value is -3.68. The van der Waals surface area contributed by atoms with Crippen LogP contribution in [0.5, 0.6) is 0 Å². The molecule has 0 spiro atoms. The molecule has 0 aromatic rings. The van der Waals surface area contributed by atoms with Gasteiger partial charge in [0.05, 0.1) is 17.3 Å². The van der Waals surface area contributed by atoms with Crippen LogP contribution in [-0.2, 0) is 23.9 Å². The third-order valence-corrected chi connectivity index (χ3v) is 18.6. The summed E-state index contributed by atoms with van der Waals surface area (Å²) >= 11 is 0. The Balaban J connectivity index is 1.11. The monoisotopic (exact) mass is 911 g/mol. The highest BCUT2D eigenvalue weighted by Gasteiger charge is 2.72. The summed E-state index contributed by atoms with van der Waals surface area (Å²) in [6.07, 6.45) is 38.7. The lowest BCUT2D eigenvalue weighted by atomic mass is 9.32. The van der Waals surface area contributed by atoms with Crippen molar-refractivity contribution in [2.24, 2.45) is 62.1 Å². The molecule has 5 fully saturated rings. The van der Waals surface area contributed by atoms with Gasteiger partial charge < -0.3 is 20.5 Å². The number of carbonyl (C=O) groups excluding carboxylic acids is 3. The molecule has 5 aliphatic rings. The van der Waals surface area contributed by atoms with Crippen molar-refractivity contribution in [1.82, 2.24) is 10.6 Å². The third kappa shape index (κ3) is 11.4. The van der Waals surface area contributed by atoms with E-state index in [1.807, 2.05) is 0 Å². The average molecular weight is 911 g/mol. The summed E-state index contributed by atoms with van der Waals surface area (Å²) in [6.45, 7) is 25.2. The maximum Gasteiger partial charge on any atom is 0.309 e. The molecular weight excluding hydrogens is 821 g/mol. The molecule has 0 saturated heterocycles. The first-order chi connectivity index (χ1) is 31.2. The highest BCUT2D eigenvalue weighted by atomic mass is 16.5. The largest absolute Gasteiger partial charge is 0.481 e. The zero-order valence-electron chi connectivity index (χ0n) is 42.8. The standard InChI is InChI=1S/C58H90N2O6/c1-11-12-13-14-15-16-17-18-19-20-21-22-23-24-25-26-27-28-48(61)59-39-40-60-51(63)58-36-31-43(42(2)3)50(58)44-29-30-46-55(8)34-33-47(66-49(62)41-53(4,5)52(64)65)54(6,7)45(55)32-35-57(46,10)56(44,9)37-38-58/h12-13,15-16,18-19,21-22,24-25,43-47,50H,2,11,14,17,20,23,26-41H2,1,3-10H3,(H,59,61)(H,60,63)(H,64,65). The second-order valence-corrected chi connectivity index (χ2v) is 23.3. The number of carboxylic acid groups (broad SMARTS) is 1. The molecule has 8 heteroatoms. The van der Waals surface area contributed by atoms with Gasteiger partial charge >= 0.3 is 11.9 Å². The van der Waals surface area contributed by atoms with Gasteiger partial charge in [-0.2, -0.15) is 0 Å². The van der Waals surface area contributed by atoms with E-state index in [9.17, 15) is 24.3 Å². The van der Waals surface area contributed by atoms with Crippen molar-refractivity contribution in [3.8, 4) is 0 Å². The number of hydrogen-bond donors (Lipinski definition) is 3. The van der Waals surface area contributed by atoms with Gasteiger partial charge in [0.1, 0.15) is 6.10 Å². The molecule has 2 amide bonds. The van der Waals surface area contributed by atoms with Crippen molar-refractivity contribution < 1.29 is 29.0 Å². The number of ether oxygens (including phenoxy) is 1. The van der Waals surface area contributed by atoms with Crippen molar-refractivity contribution in [1.29, 1.82) is 0 Å². The summed E-state index contributed by atoms with van der Waals surface area (Å²) in [5, 5.41) is 16.1. The van der Waals surface area contributed by atoms with Crippen LogP contribution in [-0.4, -0.2) is 48.1 Å². The first-order valence-corrected chi connectivity index (χ1v) is 26.1. The van der Waals surface area contributed by atoms with E-state index < -0.39 is 22.8 Å². The number of nitrogens with one attached hydrogen (secondary N) is 2. The Bertz CT molecular complexity index is 1870. The molecule has 8 nitrogen and oxygen atoms in total. The molecule has 5 aliphatic carbocycles. The highest BCUT2D eigenvalue weighted by Crippen LogP contribution is 2.77. The second kappa shape index (κ2) is 22.6. The van der Waals surface area contributed by atoms with E-state index in [-0.39, 0.29) is 51.9 Å². The minimum atomic E-state index is -1.16. The van der Waals surface area contributed by atoms with Crippen LogP contribution in [0, 0.1) is 62.1 Å². The molecule has 0 aromatic heterocycles. The molecular formula is C58H90N2O6. The van der Waals surface area contributed by atoms with E-state index >= 15 is 0 Å². The molecule has 5 saturated carbocycles. The minimum absolute atomic E-state index is 0.0374. The van der Waals surface area contributed by atoms with Gasteiger partial charge in [-0.1, -0.05) is 114 Å².